The fourth-order valence-corrected chi connectivity index (χ4v) is 4.55. The molecule has 0 saturated heterocycles. The van der Waals surface area contributed by atoms with E-state index in [4.69, 9.17) is 15.6 Å². The van der Waals surface area contributed by atoms with Crippen LogP contribution in [0, 0.1) is 0 Å². The molecule has 210 valence electrons. The second-order valence-corrected chi connectivity index (χ2v) is 10.1. The largest absolute Gasteiger partial charge is 0.480 e. The Labute approximate surface area is 235 Å². The number of rotatable bonds is 10. The molecule has 0 saturated carbocycles. The monoisotopic (exact) mass is 565 g/mol. The molecule has 5 N–H and O–H groups in total. The summed E-state index contributed by atoms with van der Waals surface area (Å²) in [7, 11) is 0. The number of ether oxygens (including phenoxy) is 1. The van der Waals surface area contributed by atoms with E-state index in [2.05, 4.69) is 37.3 Å². The number of hydrogen-bond acceptors (Lipinski definition) is 9. The van der Waals surface area contributed by atoms with Gasteiger partial charge in [0.05, 0.1) is 22.3 Å². The molecule has 1 unspecified atom stereocenters. The number of urea groups is 1. The average Bonchev–Trinajstić information content (AvgIpc) is 3.30. The summed E-state index contributed by atoms with van der Waals surface area (Å²) in [5, 5.41) is 14.8. The van der Waals surface area contributed by atoms with Crippen molar-refractivity contribution in [3.8, 4) is 11.3 Å². The molecule has 12 nitrogen and oxygen atoms in total. The van der Waals surface area contributed by atoms with Gasteiger partial charge in [-0.25, -0.2) is 19.8 Å². The number of benzene rings is 1. The Hall–Kier alpha value is -4.49. The van der Waals surface area contributed by atoms with Gasteiger partial charge in [0.2, 0.25) is 0 Å². The number of aliphatic imine (C=N–C) groups is 2. The molecule has 3 rings (SSSR count). The number of aromatic nitrogens is 2. The Morgan fingerprint density at radius 1 is 1.30 bits per heavy atom. The minimum atomic E-state index is -1.38. The van der Waals surface area contributed by atoms with E-state index in [1.165, 1.54) is 11.3 Å². The van der Waals surface area contributed by atoms with E-state index in [0.717, 1.165) is 27.1 Å². The molecular formula is C27H31N7O5S. The van der Waals surface area contributed by atoms with Gasteiger partial charge in [0, 0.05) is 24.5 Å². The summed E-state index contributed by atoms with van der Waals surface area (Å²) in [5.41, 5.74) is 7.89. The summed E-state index contributed by atoms with van der Waals surface area (Å²) < 4.78 is 6.26. The highest BCUT2D eigenvalue weighted by molar-refractivity contribution is 7.22. The first-order chi connectivity index (χ1) is 18.9. The molecule has 0 fully saturated rings. The van der Waals surface area contributed by atoms with Crippen molar-refractivity contribution in [2.75, 3.05) is 11.9 Å². The van der Waals surface area contributed by atoms with E-state index in [1.807, 2.05) is 44.2 Å². The second-order valence-electron chi connectivity index (χ2n) is 9.15. The van der Waals surface area contributed by atoms with Gasteiger partial charge < -0.3 is 20.9 Å². The van der Waals surface area contributed by atoms with Crippen LogP contribution in [0.4, 0.5) is 9.93 Å². The van der Waals surface area contributed by atoms with E-state index in [1.54, 1.807) is 26.2 Å². The Kier molecular flexibility index (Phi) is 9.80. The zero-order chi connectivity index (χ0) is 29.4. The predicted octanol–water partition coefficient (Wildman–Crippen LogP) is 4.08. The Bertz CT molecular complexity index is 1480. The van der Waals surface area contributed by atoms with Crippen molar-refractivity contribution >= 4 is 62.8 Å². The van der Waals surface area contributed by atoms with Gasteiger partial charge >= 0.3 is 18.0 Å². The van der Waals surface area contributed by atoms with E-state index in [-0.39, 0.29) is 11.9 Å². The molecule has 2 heterocycles. The number of nitrogens with two attached hydrogens (primary N) is 1. The number of pyridine rings is 1. The number of allylic oxidation sites excluding steroid dienone is 1. The van der Waals surface area contributed by atoms with Crippen molar-refractivity contribution < 1.29 is 24.2 Å². The molecule has 1 aromatic carbocycles. The van der Waals surface area contributed by atoms with E-state index < -0.39 is 30.0 Å². The Morgan fingerprint density at radius 2 is 2.05 bits per heavy atom. The first-order valence-electron chi connectivity index (χ1n) is 12.3. The molecule has 3 aromatic rings. The lowest BCUT2D eigenvalue weighted by Crippen LogP contribution is -2.39. The lowest BCUT2D eigenvalue weighted by atomic mass is 10.0. The van der Waals surface area contributed by atoms with Crippen molar-refractivity contribution in [2.24, 2.45) is 15.7 Å². The van der Waals surface area contributed by atoms with Gasteiger partial charge in [-0.2, -0.15) is 0 Å². The third-order valence-electron chi connectivity index (χ3n) is 5.59. The van der Waals surface area contributed by atoms with Crippen LogP contribution in [0.3, 0.4) is 0 Å². The highest BCUT2D eigenvalue weighted by atomic mass is 32.1. The fourth-order valence-electron chi connectivity index (χ4n) is 3.59. The summed E-state index contributed by atoms with van der Waals surface area (Å²) in [6.07, 6.45) is 2.76. The second kappa shape index (κ2) is 13.0. The zero-order valence-corrected chi connectivity index (χ0v) is 23.4. The minimum Gasteiger partial charge on any atom is -0.480 e. The number of carboxylic acid groups (broad SMARTS) is 1. The molecule has 0 aliphatic carbocycles. The maximum Gasteiger partial charge on any atom is 0.321 e. The van der Waals surface area contributed by atoms with Gasteiger partial charge in [-0.3, -0.25) is 19.9 Å². The summed E-state index contributed by atoms with van der Waals surface area (Å²) in [6, 6.07) is 7.71. The van der Waals surface area contributed by atoms with Crippen molar-refractivity contribution in [3.05, 3.63) is 48.3 Å². The van der Waals surface area contributed by atoms with Crippen molar-refractivity contribution in [1.29, 1.82) is 0 Å². The average molecular weight is 566 g/mol. The summed E-state index contributed by atoms with van der Waals surface area (Å²) in [5.74, 6) is -2.00. The molecule has 40 heavy (non-hydrogen) atoms. The van der Waals surface area contributed by atoms with E-state index in [9.17, 15) is 14.4 Å². The highest BCUT2D eigenvalue weighted by Gasteiger charge is 2.30. The SMILES string of the molecule is C=N/C(=N\C=C(/C)c1cc(-c2ccccn2)c2sc(NC(=O)NCC)nc2c1)C(C)(C)OC(=O)CC(N)C(=O)O. The van der Waals surface area contributed by atoms with Crippen LogP contribution in [0.5, 0.6) is 0 Å². The molecule has 0 radical (unpaired) electrons. The molecule has 0 spiro atoms. The van der Waals surface area contributed by atoms with Crippen LogP contribution in [0.15, 0.2) is 52.7 Å². The zero-order valence-electron chi connectivity index (χ0n) is 22.6. The number of fused-ring (bicyclic) bond motifs is 1. The normalized spacial score (nSPS) is 13.0. The maximum absolute atomic E-state index is 12.2. The first-order valence-corrected chi connectivity index (χ1v) is 13.1. The smallest absolute Gasteiger partial charge is 0.321 e. The number of nitrogens with zero attached hydrogens (tertiary/aromatic N) is 4. The first kappa shape index (κ1) is 30.1. The van der Waals surface area contributed by atoms with Crippen molar-refractivity contribution in [2.45, 2.75) is 45.8 Å². The number of amidine groups is 1. The molecule has 1 atom stereocenters. The fraction of sp³-hybridized carbons (Fsp3) is 0.296. The van der Waals surface area contributed by atoms with E-state index >= 15 is 0 Å². The summed E-state index contributed by atoms with van der Waals surface area (Å²) in [4.78, 5) is 52.6. The standard InChI is InChI=1S/C27H31N7O5S/c1-6-30-25(38)34-26-33-20-12-16(11-17(22(20)40-26)19-9-7-8-10-31-19)15(2)14-32-24(29-5)27(3,4)39-21(35)13-18(28)23(36)37/h7-12,14,18H,5-6,13,28H2,1-4H3,(H,36,37)(H2,30,33,34,38)/b15-14+,32-24-. The van der Waals surface area contributed by atoms with Crippen LogP contribution in [0.25, 0.3) is 27.0 Å². The number of hydrogen-bond donors (Lipinski definition) is 4. The van der Waals surface area contributed by atoms with Crippen molar-refractivity contribution in [1.82, 2.24) is 15.3 Å². The summed E-state index contributed by atoms with van der Waals surface area (Å²) >= 11 is 1.34. The number of aliphatic carboxylic acids is 1. The molecule has 2 amide bonds. The van der Waals surface area contributed by atoms with Gasteiger partial charge in [-0.1, -0.05) is 17.4 Å². The molecular weight excluding hydrogens is 534 g/mol. The van der Waals surface area contributed by atoms with Gasteiger partial charge in [0.1, 0.15) is 6.04 Å². The number of esters is 1. The Balaban J connectivity index is 1.98. The van der Waals surface area contributed by atoms with Crippen LogP contribution < -0.4 is 16.4 Å². The van der Waals surface area contributed by atoms with Crippen LogP contribution >= 0.6 is 11.3 Å². The molecule has 2 aromatic heterocycles. The maximum atomic E-state index is 12.2. The van der Waals surface area contributed by atoms with Gasteiger partial charge in [0.25, 0.3) is 0 Å². The van der Waals surface area contributed by atoms with Crippen LogP contribution in [-0.2, 0) is 14.3 Å². The van der Waals surface area contributed by atoms with Gasteiger partial charge in [-0.05, 0) is 69.8 Å². The number of carboxylic acids is 1. The summed E-state index contributed by atoms with van der Waals surface area (Å²) in [6.45, 7) is 10.8. The topological polar surface area (TPSA) is 181 Å². The lowest BCUT2D eigenvalue weighted by Gasteiger charge is -2.24. The highest BCUT2D eigenvalue weighted by Crippen LogP contribution is 2.37. The van der Waals surface area contributed by atoms with Gasteiger partial charge in [0.15, 0.2) is 16.6 Å². The van der Waals surface area contributed by atoms with Gasteiger partial charge in [-0.15, -0.1) is 0 Å². The molecule has 0 aliphatic heterocycles. The minimum absolute atomic E-state index is 0.109. The quantitative estimate of drug-likeness (QED) is 0.161. The number of thiazole rings is 1. The van der Waals surface area contributed by atoms with Crippen LogP contribution in [0.2, 0.25) is 0 Å². The number of anilines is 1. The van der Waals surface area contributed by atoms with Crippen molar-refractivity contribution in [3.63, 3.8) is 0 Å². The number of carbonyl (C=O) groups is 3. The number of amides is 2. The molecule has 13 heteroatoms. The third-order valence-corrected chi connectivity index (χ3v) is 6.61. The Morgan fingerprint density at radius 3 is 2.67 bits per heavy atom. The number of carbonyl (C=O) groups excluding carboxylic acids is 2. The van der Waals surface area contributed by atoms with Crippen LogP contribution in [-0.4, -0.2) is 63.8 Å². The van der Waals surface area contributed by atoms with E-state index in [0.29, 0.717) is 17.2 Å². The predicted molar refractivity (Wildman–Crippen MR) is 157 cm³/mol. The molecule has 0 aliphatic rings. The van der Waals surface area contributed by atoms with Crippen LogP contribution in [0.1, 0.15) is 39.7 Å². The molecule has 0 bridgehead atoms. The number of nitrogens with one attached hydrogen (secondary N) is 2. The lowest BCUT2D eigenvalue weighted by molar-refractivity contribution is -0.154. The third kappa shape index (κ3) is 7.55.